The molecular weight excluding hydrogens is 526 g/mol. The Labute approximate surface area is 240 Å². The third-order valence-corrected chi connectivity index (χ3v) is 8.85. The van der Waals surface area contributed by atoms with Gasteiger partial charge in [-0.25, -0.2) is 14.8 Å². The van der Waals surface area contributed by atoms with Gasteiger partial charge in [-0.3, -0.25) is 9.59 Å². The Bertz CT molecular complexity index is 1320. The van der Waals surface area contributed by atoms with Crippen molar-refractivity contribution in [3.05, 3.63) is 23.9 Å². The Morgan fingerprint density at radius 3 is 2.56 bits per heavy atom. The number of carbonyl (C=O) groups excluding carboxylic acids is 2. The number of aromatic nitrogens is 2. The molecule has 5 rings (SSSR count). The molecule has 1 N–H and O–H groups in total. The summed E-state index contributed by atoms with van der Waals surface area (Å²) in [5.74, 6) is -1.76. The molecule has 41 heavy (non-hydrogen) atoms. The van der Waals surface area contributed by atoms with Crippen LogP contribution in [-0.2, 0) is 25.5 Å². The smallest absolute Gasteiger partial charge is 0.326 e. The molecule has 1 aromatic carbocycles. The summed E-state index contributed by atoms with van der Waals surface area (Å²) in [6.45, 7) is 7.53. The van der Waals surface area contributed by atoms with Crippen LogP contribution in [0.25, 0.3) is 11.0 Å². The summed E-state index contributed by atoms with van der Waals surface area (Å²) < 4.78 is 17.6. The van der Waals surface area contributed by atoms with Gasteiger partial charge in [0.25, 0.3) is 0 Å². The highest BCUT2D eigenvalue weighted by Crippen LogP contribution is 2.41. The average molecular weight is 568 g/mol. The fraction of sp³-hybridized carbons (Fsp3) is 0.645. The number of methoxy groups -OCH3 is 1. The van der Waals surface area contributed by atoms with Crippen molar-refractivity contribution in [2.75, 3.05) is 13.7 Å². The van der Waals surface area contributed by atoms with Crippen molar-refractivity contribution in [3.63, 3.8) is 0 Å². The highest BCUT2D eigenvalue weighted by Gasteiger charge is 2.50. The lowest BCUT2D eigenvalue weighted by atomic mass is 9.77. The molecule has 3 aliphatic rings. The first-order valence-electron chi connectivity index (χ1n) is 14.7. The molecular formula is C31H41N3O7. The second kappa shape index (κ2) is 11.4. The summed E-state index contributed by atoms with van der Waals surface area (Å²) in [6.07, 6.45) is 4.60. The van der Waals surface area contributed by atoms with Crippen molar-refractivity contribution in [2.45, 2.75) is 90.9 Å². The maximum absolute atomic E-state index is 14.0. The molecule has 1 saturated carbocycles. The molecule has 1 unspecified atom stereocenters. The second-order valence-electron chi connectivity index (χ2n) is 12.9. The van der Waals surface area contributed by atoms with Crippen LogP contribution in [-0.4, -0.2) is 69.7 Å². The molecule has 1 aliphatic carbocycles. The Hall–Kier alpha value is -3.43. The maximum Gasteiger partial charge on any atom is 0.326 e. The van der Waals surface area contributed by atoms with E-state index >= 15 is 0 Å². The largest absolute Gasteiger partial charge is 0.497 e. The standard InChI is InChI=1S/C31H41N3O7/c1-17-25-16-34(27(17)30(37)38)29(36)20(31(2,3)4)15-26(35)40-24-13-18(24)9-7-6-8-10-22-28(41-25)33-23-14-19(39-5)11-12-21(23)32-22/h11-12,14,17-18,20,24-25,27H,6-10,13,15-16H2,1-5H3,(H,37,38)/t17-,18-,20-,24?,25+,27+/m1/s1. The predicted octanol–water partition coefficient (Wildman–Crippen LogP) is 4.42. The fourth-order valence-electron chi connectivity index (χ4n) is 6.16. The van der Waals surface area contributed by atoms with Crippen LogP contribution in [0.3, 0.4) is 0 Å². The van der Waals surface area contributed by atoms with Gasteiger partial charge >= 0.3 is 11.9 Å². The van der Waals surface area contributed by atoms with Crippen LogP contribution in [0.15, 0.2) is 18.2 Å². The van der Waals surface area contributed by atoms with Crippen molar-refractivity contribution in [1.29, 1.82) is 0 Å². The van der Waals surface area contributed by atoms with E-state index in [1.165, 1.54) is 4.90 Å². The van der Waals surface area contributed by atoms with Crippen LogP contribution >= 0.6 is 0 Å². The quantitative estimate of drug-likeness (QED) is 0.525. The number of carboxylic acid groups (broad SMARTS) is 1. The van der Waals surface area contributed by atoms with Gasteiger partial charge in [0.05, 0.1) is 37.0 Å². The molecule has 6 atom stereocenters. The zero-order valence-electron chi connectivity index (χ0n) is 24.6. The summed E-state index contributed by atoms with van der Waals surface area (Å²) in [5.41, 5.74) is 1.48. The first-order valence-corrected chi connectivity index (χ1v) is 14.7. The monoisotopic (exact) mass is 567 g/mol. The highest BCUT2D eigenvalue weighted by atomic mass is 16.5. The van der Waals surface area contributed by atoms with Crippen molar-refractivity contribution < 1.29 is 33.7 Å². The number of hydrogen-bond acceptors (Lipinski definition) is 8. The van der Waals surface area contributed by atoms with E-state index in [-0.39, 0.29) is 25.0 Å². The molecule has 3 heterocycles. The molecule has 0 spiro atoms. The zero-order valence-corrected chi connectivity index (χ0v) is 24.6. The van der Waals surface area contributed by atoms with Gasteiger partial charge in [-0.05, 0) is 49.1 Å². The van der Waals surface area contributed by atoms with Gasteiger partial charge in [0.15, 0.2) is 0 Å². The van der Waals surface area contributed by atoms with Gasteiger partial charge in [-0.1, -0.05) is 40.5 Å². The van der Waals surface area contributed by atoms with E-state index in [0.29, 0.717) is 29.5 Å². The van der Waals surface area contributed by atoms with E-state index in [2.05, 4.69) is 0 Å². The summed E-state index contributed by atoms with van der Waals surface area (Å²) >= 11 is 0. The van der Waals surface area contributed by atoms with Crippen LogP contribution < -0.4 is 9.47 Å². The van der Waals surface area contributed by atoms with Gasteiger partial charge in [-0.2, -0.15) is 0 Å². The lowest BCUT2D eigenvalue weighted by Gasteiger charge is -2.34. The third-order valence-electron chi connectivity index (χ3n) is 8.85. The molecule has 2 aliphatic heterocycles. The van der Waals surface area contributed by atoms with E-state index in [4.69, 9.17) is 24.2 Å². The number of nitrogens with zero attached hydrogens (tertiary/aromatic N) is 3. The summed E-state index contributed by atoms with van der Waals surface area (Å²) in [7, 11) is 1.59. The number of fused-ring (bicyclic) bond motifs is 5. The van der Waals surface area contributed by atoms with Gasteiger partial charge in [0.2, 0.25) is 11.8 Å². The van der Waals surface area contributed by atoms with Crippen LogP contribution in [0.4, 0.5) is 0 Å². The maximum atomic E-state index is 14.0. The third kappa shape index (κ3) is 6.26. The van der Waals surface area contributed by atoms with E-state index in [1.54, 1.807) is 20.1 Å². The van der Waals surface area contributed by atoms with Gasteiger partial charge in [0, 0.05) is 12.0 Å². The molecule has 1 saturated heterocycles. The lowest BCUT2D eigenvalue weighted by Crippen LogP contribution is -2.48. The lowest BCUT2D eigenvalue weighted by molar-refractivity contribution is -0.157. The van der Waals surface area contributed by atoms with E-state index < -0.39 is 41.3 Å². The summed E-state index contributed by atoms with van der Waals surface area (Å²) in [5, 5.41) is 10.2. The molecule has 10 heteroatoms. The van der Waals surface area contributed by atoms with Gasteiger partial charge < -0.3 is 24.2 Å². The summed E-state index contributed by atoms with van der Waals surface area (Å²) in [4.78, 5) is 50.5. The van der Waals surface area contributed by atoms with Crippen LogP contribution in [0.5, 0.6) is 11.6 Å². The van der Waals surface area contributed by atoms with E-state index in [1.807, 2.05) is 32.9 Å². The summed E-state index contributed by atoms with van der Waals surface area (Å²) in [6, 6.07) is 4.41. The molecule has 2 aromatic rings. The number of esters is 1. The van der Waals surface area contributed by atoms with Crippen LogP contribution in [0.1, 0.15) is 71.9 Å². The minimum atomic E-state index is -1.10. The number of aliphatic carboxylic acids is 1. The average Bonchev–Trinajstić information content (AvgIpc) is 3.56. The number of benzene rings is 1. The van der Waals surface area contributed by atoms with E-state index in [0.717, 1.165) is 43.3 Å². The number of rotatable bonds is 2. The number of carboxylic acids is 1. The minimum absolute atomic E-state index is 0.0700. The van der Waals surface area contributed by atoms with Crippen molar-refractivity contribution in [1.82, 2.24) is 14.9 Å². The topological polar surface area (TPSA) is 128 Å². The van der Waals surface area contributed by atoms with Crippen LogP contribution in [0.2, 0.25) is 0 Å². The van der Waals surface area contributed by atoms with E-state index in [9.17, 15) is 19.5 Å². The molecule has 222 valence electrons. The molecule has 2 bridgehead atoms. The van der Waals surface area contributed by atoms with Crippen LogP contribution in [0, 0.1) is 23.2 Å². The first kappa shape index (κ1) is 29.1. The normalized spacial score (nSPS) is 29.4. The predicted molar refractivity (Wildman–Crippen MR) is 151 cm³/mol. The number of carbonyl (C=O) groups is 3. The van der Waals surface area contributed by atoms with Crippen molar-refractivity contribution in [3.8, 4) is 11.6 Å². The molecule has 0 radical (unpaired) electrons. The number of aryl methyl sites for hydroxylation is 1. The molecule has 1 aromatic heterocycles. The zero-order chi connectivity index (χ0) is 29.5. The second-order valence-corrected chi connectivity index (χ2v) is 12.9. The molecule has 2 fully saturated rings. The molecule has 1 amide bonds. The van der Waals surface area contributed by atoms with Gasteiger partial charge in [-0.15, -0.1) is 0 Å². The van der Waals surface area contributed by atoms with Crippen molar-refractivity contribution in [2.24, 2.45) is 23.2 Å². The number of amides is 1. The fourth-order valence-corrected chi connectivity index (χ4v) is 6.16. The Morgan fingerprint density at radius 2 is 1.85 bits per heavy atom. The SMILES string of the molecule is COc1ccc2nc3c(nc2c1)O[C@H]1CN(C(=O)[C@H](C(C)(C)C)CC(=O)OC2C[C@H]2CCCCC3)[C@H](C(=O)O)[C@@H]1C. The number of ether oxygens (including phenoxy) is 3. The number of hydrogen-bond donors (Lipinski definition) is 1. The highest BCUT2D eigenvalue weighted by molar-refractivity contribution is 5.89. The van der Waals surface area contributed by atoms with Gasteiger partial charge in [0.1, 0.15) is 29.7 Å². The Kier molecular flexibility index (Phi) is 8.12. The first-order chi connectivity index (χ1) is 19.5. The Morgan fingerprint density at radius 1 is 1.07 bits per heavy atom. The van der Waals surface area contributed by atoms with Crippen molar-refractivity contribution >= 4 is 28.9 Å². The minimum Gasteiger partial charge on any atom is -0.497 e. The Balaban J connectivity index is 1.51. The molecule has 10 nitrogen and oxygen atoms in total.